The van der Waals surface area contributed by atoms with E-state index in [1.54, 1.807) is 4.90 Å². The van der Waals surface area contributed by atoms with Gasteiger partial charge in [0.1, 0.15) is 6.04 Å². The molecule has 1 atom stereocenters. The van der Waals surface area contributed by atoms with Gasteiger partial charge in [0.25, 0.3) is 0 Å². The van der Waals surface area contributed by atoms with Crippen LogP contribution in [0.1, 0.15) is 31.2 Å². The molecule has 0 unspecified atom stereocenters. The van der Waals surface area contributed by atoms with Crippen molar-refractivity contribution < 1.29 is 14.3 Å². The Morgan fingerprint density at radius 1 is 1.24 bits per heavy atom. The Hall–Kier alpha value is -1.92. The molecule has 0 aromatic heterocycles. The maximum absolute atomic E-state index is 12.5. The Morgan fingerprint density at radius 2 is 2.04 bits per heavy atom. The van der Waals surface area contributed by atoms with Crippen LogP contribution in [0.3, 0.4) is 0 Å². The maximum Gasteiger partial charge on any atom is 0.244 e. The van der Waals surface area contributed by atoms with E-state index in [0.717, 1.165) is 24.9 Å². The van der Waals surface area contributed by atoms with Crippen molar-refractivity contribution >= 4 is 11.8 Å². The molecular formula is C19H27N3O3. The molecule has 2 fully saturated rings. The molecule has 1 saturated carbocycles. The standard InChI is InChI=1S/C19H27N3O3/c23-18(7-4-12-25-14-15-5-2-1-3-6-15)22-11-10-20-13-17(22)19(24)21-16-8-9-16/h1-3,5-6,16-17,20H,4,7-14H2,(H,21,24)/t17-/m0/s1. The summed E-state index contributed by atoms with van der Waals surface area (Å²) in [5.74, 6) is 0.0177. The molecule has 3 rings (SSSR count). The summed E-state index contributed by atoms with van der Waals surface area (Å²) in [6.07, 6.45) is 3.20. The van der Waals surface area contributed by atoms with Crippen LogP contribution in [0.5, 0.6) is 0 Å². The normalized spacial score (nSPS) is 20.3. The van der Waals surface area contributed by atoms with E-state index in [2.05, 4.69) is 10.6 Å². The molecule has 2 amide bonds. The van der Waals surface area contributed by atoms with Gasteiger partial charge in [-0.1, -0.05) is 30.3 Å². The molecule has 1 saturated heterocycles. The third kappa shape index (κ3) is 5.54. The van der Waals surface area contributed by atoms with Crippen molar-refractivity contribution in [2.45, 2.75) is 44.4 Å². The molecule has 6 nitrogen and oxygen atoms in total. The number of nitrogens with one attached hydrogen (secondary N) is 2. The molecule has 1 aromatic carbocycles. The maximum atomic E-state index is 12.5. The number of ether oxygens (including phenoxy) is 1. The fraction of sp³-hybridized carbons (Fsp3) is 0.579. The molecule has 2 aliphatic rings. The minimum Gasteiger partial charge on any atom is -0.377 e. The molecule has 2 N–H and O–H groups in total. The number of nitrogens with zero attached hydrogens (tertiary/aromatic N) is 1. The third-order valence-corrected chi connectivity index (χ3v) is 4.58. The number of carbonyl (C=O) groups is 2. The molecular weight excluding hydrogens is 318 g/mol. The molecule has 1 aliphatic carbocycles. The quantitative estimate of drug-likeness (QED) is 0.691. The Kier molecular flexibility index (Phi) is 6.42. The fourth-order valence-corrected chi connectivity index (χ4v) is 3.00. The summed E-state index contributed by atoms with van der Waals surface area (Å²) in [5, 5.41) is 6.21. The summed E-state index contributed by atoms with van der Waals surface area (Å²) in [7, 11) is 0. The van der Waals surface area contributed by atoms with Crippen molar-refractivity contribution in [2.75, 3.05) is 26.2 Å². The molecule has 1 aliphatic heterocycles. The van der Waals surface area contributed by atoms with Crippen LogP contribution < -0.4 is 10.6 Å². The number of rotatable bonds is 8. The molecule has 25 heavy (non-hydrogen) atoms. The van der Waals surface area contributed by atoms with Crippen LogP contribution in [0, 0.1) is 0 Å². The van der Waals surface area contributed by atoms with Crippen LogP contribution in [0.4, 0.5) is 0 Å². The second kappa shape index (κ2) is 8.97. The van der Waals surface area contributed by atoms with Crippen LogP contribution in [0.25, 0.3) is 0 Å². The van der Waals surface area contributed by atoms with E-state index in [1.807, 2.05) is 30.3 Å². The second-order valence-corrected chi connectivity index (χ2v) is 6.73. The van der Waals surface area contributed by atoms with Gasteiger partial charge < -0.3 is 20.3 Å². The average molecular weight is 345 g/mol. The Bertz CT molecular complexity index is 575. The monoisotopic (exact) mass is 345 g/mol. The number of benzene rings is 1. The molecule has 136 valence electrons. The van der Waals surface area contributed by atoms with Gasteiger partial charge in [-0.15, -0.1) is 0 Å². The lowest BCUT2D eigenvalue weighted by molar-refractivity contribution is -0.141. The highest BCUT2D eigenvalue weighted by atomic mass is 16.5. The van der Waals surface area contributed by atoms with Gasteiger partial charge in [-0.3, -0.25) is 9.59 Å². The van der Waals surface area contributed by atoms with Crippen molar-refractivity contribution in [1.29, 1.82) is 0 Å². The zero-order valence-electron chi connectivity index (χ0n) is 14.6. The number of carbonyl (C=O) groups excluding carboxylic acids is 2. The van der Waals surface area contributed by atoms with Gasteiger partial charge in [-0.25, -0.2) is 0 Å². The molecule has 6 heteroatoms. The lowest BCUT2D eigenvalue weighted by Gasteiger charge is -2.35. The first-order valence-corrected chi connectivity index (χ1v) is 9.16. The van der Waals surface area contributed by atoms with E-state index in [4.69, 9.17) is 4.74 Å². The minimum absolute atomic E-state index is 0.0247. The predicted octanol–water partition coefficient (Wildman–Crippen LogP) is 1.06. The largest absolute Gasteiger partial charge is 0.377 e. The van der Waals surface area contributed by atoms with Crippen molar-refractivity contribution in [1.82, 2.24) is 15.5 Å². The van der Waals surface area contributed by atoms with E-state index in [1.165, 1.54) is 0 Å². The number of piperazine rings is 1. The SMILES string of the molecule is O=C(NC1CC1)[C@@H]1CNCCN1C(=O)CCCOCc1ccccc1. The van der Waals surface area contributed by atoms with Gasteiger partial charge in [-0.05, 0) is 24.8 Å². The lowest BCUT2D eigenvalue weighted by Crippen LogP contribution is -2.59. The predicted molar refractivity (Wildman–Crippen MR) is 94.9 cm³/mol. The second-order valence-electron chi connectivity index (χ2n) is 6.73. The van der Waals surface area contributed by atoms with Gasteiger partial charge in [-0.2, -0.15) is 0 Å². The summed E-state index contributed by atoms with van der Waals surface area (Å²) in [6, 6.07) is 9.93. The first kappa shape index (κ1) is 17.9. The highest BCUT2D eigenvalue weighted by Gasteiger charge is 2.34. The first-order chi connectivity index (χ1) is 12.2. The van der Waals surface area contributed by atoms with Gasteiger partial charge in [0.05, 0.1) is 6.61 Å². The van der Waals surface area contributed by atoms with Crippen LogP contribution in [-0.4, -0.2) is 55.0 Å². The number of hydrogen-bond donors (Lipinski definition) is 2. The Balaban J connectivity index is 1.38. The number of amides is 2. The van der Waals surface area contributed by atoms with Gasteiger partial charge in [0.2, 0.25) is 11.8 Å². The average Bonchev–Trinajstić information content (AvgIpc) is 3.46. The van der Waals surface area contributed by atoms with E-state index < -0.39 is 0 Å². The minimum atomic E-state index is -0.382. The summed E-state index contributed by atoms with van der Waals surface area (Å²) in [6.45, 7) is 2.98. The van der Waals surface area contributed by atoms with Gasteiger partial charge >= 0.3 is 0 Å². The summed E-state index contributed by atoms with van der Waals surface area (Å²) < 4.78 is 5.63. The Morgan fingerprint density at radius 3 is 2.80 bits per heavy atom. The third-order valence-electron chi connectivity index (χ3n) is 4.58. The van der Waals surface area contributed by atoms with Crippen molar-refractivity contribution in [3.8, 4) is 0 Å². The van der Waals surface area contributed by atoms with E-state index in [-0.39, 0.29) is 17.9 Å². The molecule has 0 radical (unpaired) electrons. The van der Waals surface area contributed by atoms with Crippen LogP contribution >= 0.6 is 0 Å². The molecule has 0 spiro atoms. The van der Waals surface area contributed by atoms with Gasteiger partial charge in [0.15, 0.2) is 0 Å². The van der Waals surface area contributed by atoms with E-state index in [0.29, 0.717) is 45.2 Å². The lowest BCUT2D eigenvalue weighted by atomic mass is 10.1. The van der Waals surface area contributed by atoms with Crippen LogP contribution in [0.2, 0.25) is 0 Å². The summed E-state index contributed by atoms with van der Waals surface area (Å²) >= 11 is 0. The molecule has 0 bridgehead atoms. The number of hydrogen-bond acceptors (Lipinski definition) is 4. The fourth-order valence-electron chi connectivity index (χ4n) is 3.00. The topological polar surface area (TPSA) is 70.7 Å². The first-order valence-electron chi connectivity index (χ1n) is 9.16. The zero-order chi connectivity index (χ0) is 17.5. The highest BCUT2D eigenvalue weighted by molar-refractivity contribution is 5.88. The van der Waals surface area contributed by atoms with Crippen molar-refractivity contribution in [3.05, 3.63) is 35.9 Å². The Labute approximate surface area is 148 Å². The summed E-state index contributed by atoms with van der Waals surface area (Å²) in [5.41, 5.74) is 1.13. The molecule has 1 aromatic rings. The van der Waals surface area contributed by atoms with Crippen LogP contribution in [0.15, 0.2) is 30.3 Å². The van der Waals surface area contributed by atoms with Crippen molar-refractivity contribution in [2.24, 2.45) is 0 Å². The molecule has 1 heterocycles. The van der Waals surface area contributed by atoms with Crippen LogP contribution in [-0.2, 0) is 20.9 Å². The van der Waals surface area contributed by atoms with E-state index in [9.17, 15) is 9.59 Å². The van der Waals surface area contributed by atoms with Gasteiger partial charge in [0, 0.05) is 38.7 Å². The zero-order valence-corrected chi connectivity index (χ0v) is 14.6. The summed E-state index contributed by atoms with van der Waals surface area (Å²) in [4.78, 5) is 26.6. The smallest absolute Gasteiger partial charge is 0.244 e. The highest BCUT2D eigenvalue weighted by Crippen LogP contribution is 2.19. The van der Waals surface area contributed by atoms with E-state index >= 15 is 0 Å². The van der Waals surface area contributed by atoms with Crippen molar-refractivity contribution in [3.63, 3.8) is 0 Å².